The molecule has 8 nitrogen and oxygen atoms in total. The van der Waals surface area contributed by atoms with Crippen molar-refractivity contribution in [1.29, 1.82) is 0 Å². The van der Waals surface area contributed by atoms with Crippen LogP contribution in [0.3, 0.4) is 0 Å². The third-order valence-electron chi connectivity index (χ3n) is 4.72. The van der Waals surface area contributed by atoms with Crippen molar-refractivity contribution in [3.05, 3.63) is 93.6 Å². The summed E-state index contributed by atoms with van der Waals surface area (Å²) in [4.78, 5) is 37.5. The lowest BCUT2D eigenvalue weighted by Gasteiger charge is -2.15. The van der Waals surface area contributed by atoms with E-state index in [1.54, 1.807) is 48.5 Å². The van der Waals surface area contributed by atoms with Gasteiger partial charge in [-0.1, -0.05) is 34.1 Å². The Balaban J connectivity index is 2.02. The molecule has 9 heteroatoms. The van der Waals surface area contributed by atoms with Crippen LogP contribution in [0.4, 0.5) is 5.69 Å². The Kier molecular flexibility index (Phi) is 8.05. The number of carbonyl (C=O) groups excluding carboxylic acids is 2. The molecule has 0 aliphatic heterocycles. The first kappa shape index (κ1) is 24.5. The van der Waals surface area contributed by atoms with Crippen LogP contribution >= 0.6 is 15.9 Å². The maximum absolute atomic E-state index is 13.3. The first-order chi connectivity index (χ1) is 16.3. The number of carbonyl (C=O) groups is 3. The fourth-order valence-corrected chi connectivity index (χ4v) is 3.42. The van der Waals surface area contributed by atoms with Gasteiger partial charge in [-0.15, -0.1) is 0 Å². The van der Waals surface area contributed by atoms with Crippen molar-refractivity contribution in [3.8, 4) is 11.5 Å². The molecule has 0 fully saturated rings. The number of methoxy groups -OCH3 is 2. The molecular formula is C25H21BrN2O6. The summed E-state index contributed by atoms with van der Waals surface area (Å²) in [5, 5.41) is 14.6. The van der Waals surface area contributed by atoms with Crippen molar-refractivity contribution >= 4 is 45.5 Å². The number of halogens is 1. The average Bonchev–Trinajstić information content (AvgIpc) is 2.84. The third kappa shape index (κ3) is 6.02. The molecule has 0 aliphatic rings. The van der Waals surface area contributed by atoms with Crippen LogP contribution in [-0.2, 0) is 4.79 Å². The predicted octanol–water partition coefficient (Wildman–Crippen LogP) is 4.57. The van der Waals surface area contributed by atoms with Gasteiger partial charge >= 0.3 is 5.97 Å². The van der Waals surface area contributed by atoms with E-state index in [0.717, 1.165) is 4.47 Å². The van der Waals surface area contributed by atoms with E-state index in [1.165, 1.54) is 38.5 Å². The maximum Gasteiger partial charge on any atom is 0.335 e. The number of amides is 2. The molecule has 0 aromatic heterocycles. The van der Waals surface area contributed by atoms with Crippen LogP contribution in [-0.4, -0.2) is 37.1 Å². The molecule has 0 atom stereocenters. The van der Waals surface area contributed by atoms with Crippen LogP contribution in [0.2, 0.25) is 0 Å². The van der Waals surface area contributed by atoms with Crippen LogP contribution in [0.5, 0.6) is 11.5 Å². The molecular weight excluding hydrogens is 504 g/mol. The quantitative estimate of drug-likeness (QED) is 0.372. The number of nitrogens with one attached hydrogen (secondary N) is 2. The molecule has 3 aromatic rings. The Morgan fingerprint density at radius 1 is 0.882 bits per heavy atom. The normalized spacial score (nSPS) is 10.9. The predicted molar refractivity (Wildman–Crippen MR) is 131 cm³/mol. The third-order valence-corrected chi connectivity index (χ3v) is 5.21. The molecule has 2 amide bonds. The van der Waals surface area contributed by atoms with E-state index in [9.17, 15) is 19.5 Å². The SMILES string of the molecule is COc1ccc(Br)cc1/C=C(/NC(=O)c1ccccc1)C(=O)Nc1cc(C(=O)O)ccc1OC. The summed E-state index contributed by atoms with van der Waals surface area (Å²) >= 11 is 3.39. The summed E-state index contributed by atoms with van der Waals surface area (Å²) < 4.78 is 11.4. The first-order valence-electron chi connectivity index (χ1n) is 9.96. The summed E-state index contributed by atoms with van der Waals surface area (Å²) in [5.74, 6) is -1.61. The van der Waals surface area contributed by atoms with Gasteiger partial charge in [0.1, 0.15) is 17.2 Å². The zero-order valence-corrected chi connectivity index (χ0v) is 19.9. The minimum atomic E-state index is -1.16. The van der Waals surface area contributed by atoms with Gasteiger partial charge in [0.25, 0.3) is 11.8 Å². The molecule has 0 spiro atoms. The molecule has 3 N–H and O–H groups in total. The van der Waals surface area contributed by atoms with Crippen molar-refractivity contribution < 1.29 is 29.0 Å². The molecule has 0 heterocycles. The first-order valence-corrected chi connectivity index (χ1v) is 10.8. The second-order valence-electron chi connectivity index (χ2n) is 6.94. The number of aromatic carboxylic acids is 1. The van der Waals surface area contributed by atoms with Crippen LogP contribution in [0, 0.1) is 0 Å². The monoisotopic (exact) mass is 524 g/mol. The number of carboxylic acids is 1. The van der Waals surface area contributed by atoms with Gasteiger partial charge in [0, 0.05) is 15.6 Å². The summed E-state index contributed by atoms with van der Waals surface area (Å²) in [6.07, 6.45) is 1.47. The highest BCUT2D eigenvalue weighted by molar-refractivity contribution is 9.10. The largest absolute Gasteiger partial charge is 0.496 e. The molecule has 0 unspecified atom stereocenters. The highest BCUT2D eigenvalue weighted by Crippen LogP contribution is 2.28. The Morgan fingerprint density at radius 2 is 1.56 bits per heavy atom. The van der Waals surface area contributed by atoms with Gasteiger partial charge in [-0.2, -0.15) is 0 Å². The summed E-state index contributed by atoms with van der Waals surface area (Å²) in [6.45, 7) is 0. The van der Waals surface area contributed by atoms with Gasteiger partial charge in [-0.3, -0.25) is 9.59 Å². The highest BCUT2D eigenvalue weighted by atomic mass is 79.9. The van der Waals surface area contributed by atoms with E-state index in [4.69, 9.17) is 9.47 Å². The second kappa shape index (κ2) is 11.2. The maximum atomic E-state index is 13.3. The molecule has 34 heavy (non-hydrogen) atoms. The molecule has 3 rings (SSSR count). The van der Waals surface area contributed by atoms with Gasteiger partial charge in [0.2, 0.25) is 0 Å². The van der Waals surface area contributed by atoms with Crippen molar-refractivity contribution in [3.63, 3.8) is 0 Å². The van der Waals surface area contributed by atoms with Gasteiger partial charge in [0.15, 0.2) is 0 Å². The topological polar surface area (TPSA) is 114 Å². The van der Waals surface area contributed by atoms with Gasteiger partial charge in [-0.05, 0) is 54.6 Å². The molecule has 3 aromatic carbocycles. The zero-order valence-electron chi connectivity index (χ0n) is 18.3. The van der Waals surface area contributed by atoms with Crippen LogP contribution in [0.1, 0.15) is 26.3 Å². The van der Waals surface area contributed by atoms with Gasteiger partial charge < -0.3 is 25.2 Å². The van der Waals surface area contributed by atoms with Crippen LogP contribution < -0.4 is 20.1 Å². The van der Waals surface area contributed by atoms with Gasteiger partial charge in [-0.25, -0.2) is 4.79 Å². The van der Waals surface area contributed by atoms with Crippen molar-refractivity contribution in [2.75, 3.05) is 19.5 Å². The number of benzene rings is 3. The average molecular weight is 525 g/mol. The summed E-state index contributed by atoms with van der Waals surface area (Å²) in [6, 6.07) is 17.7. The Hall–Kier alpha value is -4.11. The lowest BCUT2D eigenvalue weighted by atomic mass is 10.1. The van der Waals surface area contributed by atoms with E-state index in [-0.39, 0.29) is 22.7 Å². The molecule has 0 bridgehead atoms. The molecule has 0 saturated heterocycles. The summed E-state index contributed by atoms with van der Waals surface area (Å²) in [7, 11) is 2.89. The minimum absolute atomic E-state index is 0.0383. The Bertz CT molecular complexity index is 1260. The van der Waals surface area contributed by atoms with Crippen LogP contribution in [0.25, 0.3) is 6.08 Å². The van der Waals surface area contributed by atoms with Crippen molar-refractivity contribution in [2.24, 2.45) is 0 Å². The van der Waals surface area contributed by atoms with Gasteiger partial charge in [0.05, 0.1) is 25.5 Å². The summed E-state index contributed by atoms with van der Waals surface area (Å²) in [5.41, 5.74) is 0.889. The molecule has 0 saturated carbocycles. The molecule has 0 aliphatic carbocycles. The fraction of sp³-hybridized carbons (Fsp3) is 0.0800. The number of rotatable bonds is 8. The standard InChI is InChI=1S/C25H21BrN2O6/c1-33-21-11-9-18(26)12-17(21)14-20(28-23(29)15-6-4-3-5-7-15)24(30)27-19-13-16(25(31)32)8-10-22(19)34-2/h3-14H,1-2H3,(H,27,30)(H,28,29)(H,31,32)/b20-14+. The van der Waals surface area contributed by atoms with E-state index in [1.807, 2.05) is 0 Å². The van der Waals surface area contributed by atoms with E-state index < -0.39 is 17.8 Å². The van der Waals surface area contributed by atoms with Crippen LogP contribution in [0.15, 0.2) is 76.9 Å². The number of hydrogen-bond acceptors (Lipinski definition) is 5. The zero-order chi connectivity index (χ0) is 24.7. The number of anilines is 1. The van der Waals surface area contributed by atoms with E-state index in [2.05, 4.69) is 26.6 Å². The number of ether oxygens (including phenoxy) is 2. The van der Waals surface area contributed by atoms with Crippen molar-refractivity contribution in [2.45, 2.75) is 0 Å². The second-order valence-corrected chi connectivity index (χ2v) is 7.85. The number of carboxylic acid groups (broad SMARTS) is 1. The Morgan fingerprint density at radius 3 is 2.21 bits per heavy atom. The molecule has 174 valence electrons. The lowest BCUT2D eigenvalue weighted by Crippen LogP contribution is -2.31. The fourth-order valence-electron chi connectivity index (χ4n) is 3.04. The van der Waals surface area contributed by atoms with E-state index >= 15 is 0 Å². The lowest BCUT2D eigenvalue weighted by molar-refractivity contribution is -0.113. The Labute approximate surface area is 204 Å². The smallest absolute Gasteiger partial charge is 0.335 e. The highest BCUT2D eigenvalue weighted by Gasteiger charge is 2.18. The van der Waals surface area contributed by atoms with E-state index in [0.29, 0.717) is 16.9 Å². The number of hydrogen-bond donors (Lipinski definition) is 3. The van der Waals surface area contributed by atoms with Crippen molar-refractivity contribution in [1.82, 2.24) is 5.32 Å². The minimum Gasteiger partial charge on any atom is -0.496 e. The molecule has 0 radical (unpaired) electrons.